The number of hydrogen-bond donors (Lipinski definition) is 1. The Balaban J connectivity index is 1.80. The number of aliphatic carboxylic acids is 1. The van der Waals surface area contributed by atoms with Crippen LogP contribution in [0.15, 0.2) is 48.5 Å². The van der Waals surface area contributed by atoms with Gasteiger partial charge in [-0.15, -0.1) is 0 Å². The van der Waals surface area contributed by atoms with Gasteiger partial charge in [0.2, 0.25) is 5.91 Å². The minimum absolute atomic E-state index is 0.0558. The van der Waals surface area contributed by atoms with Crippen LogP contribution in [0, 0.1) is 6.92 Å². The lowest BCUT2D eigenvalue weighted by molar-refractivity contribution is -0.151. The maximum Gasteiger partial charge on any atom is 0.326 e. The highest BCUT2D eigenvalue weighted by atomic mass is 16.4. The molecule has 2 aromatic rings. The molecule has 130 valence electrons. The summed E-state index contributed by atoms with van der Waals surface area (Å²) in [7, 11) is 0. The zero-order valence-electron chi connectivity index (χ0n) is 14.6. The van der Waals surface area contributed by atoms with Crippen molar-refractivity contribution in [1.29, 1.82) is 0 Å². The fourth-order valence-corrected chi connectivity index (χ4v) is 3.63. The van der Waals surface area contributed by atoms with E-state index in [9.17, 15) is 14.7 Å². The highest BCUT2D eigenvalue weighted by Gasteiger charge is 2.34. The number of hydrogen-bond acceptors (Lipinski definition) is 2. The normalized spacial score (nSPS) is 17.7. The quantitative estimate of drug-likeness (QED) is 0.928. The second-order valence-electron chi connectivity index (χ2n) is 6.81. The molecule has 4 nitrogen and oxygen atoms in total. The van der Waals surface area contributed by atoms with E-state index in [0.29, 0.717) is 19.4 Å². The highest BCUT2D eigenvalue weighted by Crippen LogP contribution is 2.28. The third-order valence-corrected chi connectivity index (χ3v) is 5.05. The lowest BCUT2D eigenvalue weighted by Crippen LogP contribution is -2.48. The summed E-state index contributed by atoms with van der Waals surface area (Å²) in [6.07, 6.45) is 0.687. The van der Waals surface area contributed by atoms with Gasteiger partial charge in [-0.25, -0.2) is 4.79 Å². The second-order valence-corrected chi connectivity index (χ2v) is 6.81. The molecule has 25 heavy (non-hydrogen) atoms. The fourth-order valence-electron chi connectivity index (χ4n) is 3.63. The van der Waals surface area contributed by atoms with Gasteiger partial charge in [0.15, 0.2) is 0 Å². The molecule has 2 atom stereocenters. The van der Waals surface area contributed by atoms with E-state index >= 15 is 0 Å². The lowest BCUT2D eigenvalue weighted by atomic mass is 9.90. The van der Waals surface area contributed by atoms with E-state index in [1.807, 2.05) is 62.4 Å². The Kier molecular flexibility index (Phi) is 4.88. The van der Waals surface area contributed by atoms with Crippen molar-refractivity contribution in [1.82, 2.24) is 4.90 Å². The van der Waals surface area contributed by atoms with Gasteiger partial charge in [0.25, 0.3) is 0 Å². The first-order valence-corrected chi connectivity index (χ1v) is 8.62. The van der Waals surface area contributed by atoms with Crippen LogP contribution in [0.5, 0.6) is 0 Å². The largest absolute Gasteiger partial charge is 0.480 e. The molecule has 0 saturated heterocycles. The van der Waals surface area contributed by atoms with Crippen molar-refractivity contribution in [3.8, 4) is 0 Å². The van der Waals surface area contributed by atoms with E-state index in [1.54, 1.807) is 0 Å². The molecule has 0 saturated carbocycles. The first-order valence-electron chi connectivity index (χ1n) is 8.62. The zero-order valence-corrected chi connectivity index (χ0v) is 14.6. The van der Waals surface area contributed by atoms with Crippen LogP contribution < -0.4 is 0 Å². The van der Waals surface area contributed by atoms with Crippen molar-refractivity contribution in [2.24, 2.45) is 0 Å². The number of carbonyl (C=O) groups is 2. The van der Waals surface area contributed by atoms with Crippen LogP contribution in [-0.2, 0) is 22.6 Å². The first-order chi connectivity index (χ1) is 12.0. The summed E-state index contributed by atoms with van der Waals surface area (Å²) in [5.41, 5.74) is 4.35. The van der Waals surface area contributed by atoms with E-state index in [-0.39, 0.29) is 11.8 Å². The van der Waals surface area contributed by atoms with Gasteiger partial charge in [-0.3, -0.25) is 4.79 Å². The molecule has 2 unspecified atom stereocenters. The number of carboxylic acids is 1. The smallest absolute Gasteiger partial charge is 0.326 e. The van der Waals surface area contributed by atoms with Crippen LogP contribution in [0.25, 0.3) is 0 Å². The monoisotopic (exact) mass is 337 g/mol. The Bertz CT molecular complexity index is 799. The molecule has 1 amide bonds. The summed E-state index contributed by atoms with van der Waals surface area (Å²) in [6.45, 7) is 4.42. The molecule has 1 N–H and O–H groups in total. The molecule has 1 aliphatic heterocycles. The summed E-state index contributed by atoms with van der Waals surface area (Å²) >= 11 is 0. The number of carboxylic acid groups (broad SMARTS) is 1. The van der Waals surface area contributed by atoms with Crippen LogP contribution in [0.3, 0.4) is 0 Å². The summed E-state index contributed by atoms with van der Waals surface area (Å²) in [5.74, 6) is -0.982. The third-order valence-electron chi connectivity index (χ3n) is 5.05. The Morgan fingerprint density at radius 1 is 1.12 bits per heavy atom. The molecule has 0 fully saturated rings. The van der Waals surface area contributed by atoms with Gasteiger partial charge in [0, 0.05) is 19.4 Å². The number of amides is 1. The van der Waals surface area contributed by atoms with E-state index in [4.69, 9.17) is 0 Å². The predicted octanol–water partition coefficient (Wildman–Crippen LogP) is 3.53. The van der Waals surface area contributed by atoms with Gasteiger partial charge in [-0.2, -0.15) is 0 Å². The molecule has 3 rings (SSSR count). The third kappa shape index (κ3) is 3.58. The van der Waals surface area contributed by atoms with Crippen molar-refractivity contribution < 1.29 is 14.7 Å². The topological polar surface area (TPSA) is 57.6 Å². The number of benzene rings is 2. The summed E-state index contributed by atoms with van der Waals surface area (Å²) < 4.78 is 0. The Labute approximate surface area is 148 Å². The molecule has 2 aromatic carbocycles. The van der Waals surface area contributed by atoms with Gasteiger partial charge < -0.3 is 10.0 Å². The van der Waals surface area contributed by atoms with E-state index < -0.39 is 12.0 Å². The van der Waals surface area contributed by atoms with Crippen molar-refractivity contribution in [3.05, 3.63) is 70.8 Å². The SMILES string of the molecule is Cc1ccccc1C(C)CC(=O)N1Cc2ccccc2CC1C(=O)O. The molecule has 0 bridgehead atoms. The Morgan fingerprint density at radius 3 is 2.44 bits per heavy atom. The maximum atomic E-state index is 12.9. The second kappa shape index (κ2) is 7.09. The summed E-state index contributed by atoms with van der Waals surface area (Å²) in [5, 5.41) is 9.58. The highest BCUT2D eigenvalue weighted by molar-refractivity contribution is 5.85. The number of rotatable bonds is 4. The minimum Gasteiger partial charge on any atom is -0.480 e. The molecule has 0 radical (unpaired) electrons. The van der Waals surface area contributed by atoms with E-state index in [0.717, 1.165) is 22.3 Å². The van der Waals surface area contributed by atoms with Crippen LogP contribution in [0.1, 0.15) is 41.5 Å². The van der Waals surface area contributed by atoms with Crippen LogP contribution in [-0.4, -0.2) is 27.9 Å². The number of fused-ring (bicyclic) bond motifs is 1. The maximum absolute atomic E-state index is 12.9. The lowest BCUT2D eigenvalue weighted by Gasteiger charge is -2.35. The average Bonchev–Trinajstić information content (AvgIpc) is 2.60. The average molecular weight is 337 g/mol. The fraction of sp³-hybridized carbons (Fsp3) is 0.333. The Hall–Kier alpha value is -2.62. The molecular weight excluding hydrogens is 314 g/mol. The molecule has 1 aliphatic rings. The van der Waals surface area contributed by atoms with Crippen molar-refractivity contribution >= 4 is 11.9 Å². The van der Waals surface area contributed by atoms with E-state index in [2.05, 4.69) is 0 Å². The van der Waals surface area contributed by atoms with Gasteiger partial charge in [0.05, 0.1) is 0 Å². The minimum atomic E-state index is -0.939. The number of aryl methyl sites for hydroxylation is 1. The zero-order chi connectivity index (χ0) is 18.0. The van der Waals surface area contributed by atoms with Gasteiger partial charge in [-0.05, 0) is 35.1 Å². The van der Waals surface area contributed by atoms with Gasteiger partial charge in [-0.1, -0.05) is 55.5 Å². The first kappa shape index (κ1) is 17.2. The van der Waals surface area contributed by atoms with Crippen LogP contribution in [0.4, 0.5) is 0 Å². The number of carbonyl (C=O) groups excluding carboxylic acids is 1. The molecular formula is C21H23NO3. The summed E-state index contributed by atoms with van der Waals surface area (Å²) in [4.78, 5) is 26.1. The summed E-state index contributed by atoms with van der Waals surface area (Å²) in [6, 6.07) is 15.0. The molecule has 4 heteroatoms. The van der Waals surface area contributed by atoms with Gasteiger partial charge in [0.1, 0.15) is 6.04 Å². The predicted molar refractivity (Wildman–Crippen MR) is 96.3 cm³/mol. The van der Waals surface area contributed by atoms with Crippen molar-refractivity contribution in [3.63, 3.8) is 0 Å². The van der Waals surface area contributed by atoms with Gasteiger partial charge >= 0.3 is 5.97 Å². The van der Waals surface area contributed by atoms with Crippen molar-refractivity contribution in [2.45, 2.75) is 45.2 Å². The van der Waals surface area contributed by atoms with E-state index in [1.165, 1.54) is 4.90 Å². The molecule has 1 heterocycles. The Morgan fingerprint density at radius 2 is 1.76 bits per heavy atom. The molecule has 0 spiro atoms. The number of nitrogens with zero attached hydrogens (tertiary/aromatic N) is 1. The molecule has 0 aliphatic carbocycles. The van der Waals surface area contributed by atoms with Crippen LogP contribution in [0.2, 0.25) is 0 Å². The van der Waals surface area contributed by atoms with Crippen LogP contribution >= 0.6 is 0 Å². The van der Waals surface area contributed by atoms with Crippen molar-refractivity contribution in [2.75, 3.05) is 0 Å². The molecule has 0 aromatic heterocycles. The standard InChI is InChI=1S/C21H23NO3/c1-14-7-3-6-10-18(14)15(2)11-20(23)22-13-17-9-5-4-8-16(17)12-19(22)21(24)25/h3-10,15,19H,11-13H2,1-2H3,(H,24,25).